The summed E-state index contributed by atoms with van der Waals surface area (Å²) in [4.78, 5) is 26.6. The lowest BCUT2D eigenvalue weighted by Crippen LogP contribution is -2.40. The Morgan fingerprint density at radius 2 is 2.00 bits per heavy atom. The van der Waals surface area contributed by atoms with Gasteiger partial charge in [0.05, 0.1) is 12.7 Å². The van der Waals surface area contributed by atoms with E-state index < -0.39 is 0 Å². The van der Waals surface area contributed by atoms with Crippen LogP contribution in [-0.2, 0) is 4.79 Å². The van der Waals surface area contributed by atoms with E-state index in [9.17, 15) is 9.59 Å². The summed E-state index contributed by atoms with van der Waals surface area (Å²) in [6.45, 7) is 2.59. The van der Waals surface area contributed by atoms with E-state index in [-0.39, 0.29) is 24.5 Å². The van der Waals surface area contributed by atoms with Crippen LogP contribution in [0.15, 0.2) is 22.7 Å². The first kappa shape index (κ1) is 18.9. The van der Waals surface area contributed by atoms with Crippen LogP contribution in [0.2, 0.25) is 0 Å². The zero-order valence-corrected chi connectivity index (χ0v) is 15.9. The molecular formula is C18H25BrN2O3. The highest BCUT2D eigenvalue weighted by Gasteiger charge is 2.23. The van der Waals surface area contributed by atoms with E-state index in [0.717, 1.165) is 36.9 Å². The minimum atomic E-state index is -0.0634. The molecule has 1 aliphatic heterocycles. The number of hydrogen-bond acceptors (Lipinski definition) is 4. The van der Waals surface area contributed by atoms with Gasteiger partial charge in [-0.1, -0.05) is 15.9 Å². The number of ether oxygens (including phenoxy) is 1. The summed E-state index contributed by atoms with van der Waals surface area (Å²) in [5, 5.41) is 3.19. The molecule has 0 aromatic heterocycles. The number of ketones is 1. The van der Waals surface area contributed by atoms with Gasteiger partial charge in [0.25, 0.3) is 0 Å². The zero-order valence-electron chi connectivity index (χ0n) is 14.3. The van der Waals surface area contributed by atoms with Crippen LogP contribution in [0.5, 0.6) is 5.75 Å². The Bertz CT molecular complexity index is 584. The molecule has 132 valence electrons. The third-order valence-electron chi connectivity index (χ3n) is 4.49. The van der Waals surface area contributed by atoms with Crippen molar-refractivity contribution in [3.8, 4) is 5.75 Å². The van der Waals surface area contributed by atoms with Crippen LogP contribution in [0.1, 0.15) is 36.0 Å². The molecule has 5 nitrogen and oxygen atoms in total. The minimum Gasteiger partial charge on any atom is -0.496 e. The van der Waals surface area contributed by atoms with Crippen LogP contribution in [-0.4, -0.2) is 50.4 Å². The van der Waals surface area contributed by atoms with Crippen LogP contribution in [0.4, 0.5) is 0 Å². The number of carbonyl (C=O) groups excluding carboxylic acids is 2. The number of benzene rings is 1. The second-order valence-electron chi connectivity index (χ2n) is 6.15. The molecule has 0 aliphatic carbocycles. The predicted octanol–water partition coefficient (Wildman–Crippen LogP) is 2.88. The molecule has 1 aliphatic rings. The van der Waals surface area contributed by atoms with E-state index in [1.165, 1.54) is 0 Å². The largest absolute Gasteiger partial charge is 0.496 e. The Morgan fingerprint density at radius 3 is 2.62 bits per heavy atom. The van der Waals surface area contributed by atoms with Crippen molar-refractivity contribution in [3.63, 3.8) is 0 Å². The molecule has 1 fully saturated rings. The molecule has 1 aromatic rings. The number of rotatable bonds is 7. The molecule has 0 bridgehead atoms. The Hall–Kier alpha value is -1.40. The van der Waals surface area contributed by atoms with Crippen LogP contribution in [0.25, 0.3) is 0 Å². The summed E-state index contributed by atoms with van der Waals surface area (Å²) in [6.07, 6.45) is 2.52. The molecule has 2 rings (SSSR count). The van der Waals surface area contributed by atoms with Gasteiger partial charge in [0.15, 0.2) is 5.78 Å². The van der Waals surface area contributed by atoms with Crippen molar-refractivity contribution in [3.05, 3.63) is 28.2 Å². The van der Waals surface area contributed by atoms with E-state index in [0.29, 0.717) is 17.2 Å². The van der Waals surface area contributed by atoms with Gasteiger partial charge in [0.2, 0.25) is 5.91 Å². The molecule has 1 N–H and O–H groups in total. The normalized spacial score (nSPS) is 15.4. The summed E-state index contributed by atoms with van der Waals surface area (Å²) in [6, 6.07) is 5.33. The molecule has 1 amide bonds. The second kappa shape index (κ2) is 9.18. The molecule has 0 saturated carbocycles. The number of methoxy groups -OCH3 is 1. The average Bonchev–Trinajstić information content (AvgIpc) is 2.60. The Labute approximate surface area is 151 Å². The number of nitrogens with zero attached hydrogens (tertiary/aromatic N) is 1. The minimum absolute atomic E-state index is 0.0634. The standard InChI is InChI=1S/C18H25BrN2O3/c1-20-12-13-7-9-21(10-8-13)18(23)6-4-16(22)15-11-14(19)3-5-17(15)24-2/h3,5,11,13,20H,4,6-10,12H2,1-2H3. The predicted molar refractivity (Wildman–Crippen MR) is 97.5 cm³/mol. The molecule has 24 heavy (non-hydrogen) atoms. The summed E-state index contributed by atoms with van der Waals surface area (Å²) in [5.41, 5.74) is 0.521. The fraction of sp³-hybridized carbons (Fsp3) is 0.556. The van der Waals surface area contributed by atoms with E-state index >= 15 is 0 Å². The monoisotopic (exact) mass is 396 g/mol. The van der Waals surface area contributed by atoms with Gasteiger partial charge in [-0.2, -0.15) is 0 Å². The SMILES string of the molecule is CNCC1CCN(C(=O)CCC(=O)c2cc(Br)ccc2OC)CC1. The Kier molecular flexibility index (Phi) is 7.24. The molecule has 6 heteroatoms. The van der Waals surface area contributed by atoms with Gasteiger partial charge < -0.3 is 15.0 Å². The quantitative estimate of drug-likeness (QED) is 0.719. The Balaban J connectivity index is 1.86. The van der Waals surface area contributed by atoms with Crippen molar-refractivity contribution >= 4 is 27.6 Å². The third kappa shape index (κ3) is 5.05. The fourth-order valence-corrected chi connectivity index (χ4v) is 3.45. The van der Waals surface area contributed by atoms with Gasteiger partial charge >= 0.3 is 0 Å². The molecular weight excluding hydrogens is 372 g/mol. The van der Waals surface area contributed by atoms with Crippen LogP contribution >= 0.6 is 15.9 Å². The molecule has 0 spiro atoms. The topological polar surface area (TPSA) is 58.6 Å². The van der Waals surface area contributed by atoms with E-state index in [4.69, 9.17) is 4.74 Å². The van der Waals surface area contributed by atoms with Crippen molar-refractivity contribution < 1.29 is 14.3 Å². The number of piperidine rings is 1. The van der Waals surface area contributed by atoms with Gasteiger partial charge in [-0.3, -0.25) is 9.59 Å². The second-order valence-corrected chi connectivity index (χ2v) is 7.07. The van der Waals surface area contributed by atoms with Crippen molar-refractivity contribution in [1.29, 1.82) is 0 Å². The highest BCUT2D eigenvalue weighted by Crippen LogP contribution is 2.25. The first-order valence-corrected chi connectivity index (χ1v) is 9.13. The number of hydrogen-bond donors (Lipinski definition) is 1. The third-order valence-corrected chi connectivity index (χ3v) is 4.98. The molecule has 1 heterocycles. The van der Waals surface area contributed by atoms with Crippen LogP contribution in [0.3, 0.4) is 0 Å². The fourth-order valence-electron chi connectivity index (χ4n) is 3.09. The van der Waals surface area contributed by atoms with Gasteiger partial charge in [-0.25, -0.2) is 0 Å². The lowest BCUT2D eigenvalue weighted by atomic mass is 9.96. The van der Waals surface area contributed by atoms with Crippen molar-refractivity contribution in [2.24, 2.45) is 5.92 Å². The van der Waals surface area contributed by atoms with Crippen LogP contribution in [0, 0.1) is 5.92 Å². The van der Waals surface area contributed by atoms with E-state index in [1.54, 1.807) is 19.2 Å². The van der Waals surface area contributed by atoms with E-state index in [2.05, 4.69) is 21.2 Å². The van der Waals surface area contributed by atoms with Gasteiger partial charge in [0, 0.05) is 30.4 Å². The van der Waals surface area contributed by atoms with E-state index in [1.807, 2.05) is 18.0 Å². The number of carbonyl (C=O) groups is 2. The summed E-state index contributed by atoms with van der Waals surface area (Å²) in [7, 11) is 3.50. The number of nitrogens with one attached hydrogen (secondary N) is 1. The summed E-state index contributed by atoms with van der Waals surface area (Å²) >= 11 is 3.37. The van der Waals surface area contributed by atoms with Gasteiger partial charge in [-0.15, -0.1) is 0 Å². The average molecular weight is 397 g/mol. The maximum atomic E-state index is 12.4. The number of halogens is 1. The summed E-state index contributed by atoms with van der Waals surface area (Å²) in [5.74, 6) is 1.20. The lowest BCUT2D eigenvalue weighted by Gasteiger charge is -2.32. The molecule has 1 saturated heterocycles. The number of likely N-dealkylation sites (tertiary alicyclic amines) is 1. The van der Waals surface area contributed by atoms with Gasteiger partial charge in [-0.05, 0) is 50.6 Å². The smallest absolute Gasteiger partial charge is 0.223 e. The number of Topliss-reactive ketones (excluding diaryl/α,β-unsaturated/α-hetero) is 1. The van der Waals surface area contributed by atoms with Crippen molar-refractivity contribution in [2.75, 3.05) is 33.8 Å². The van der Waals surface area contributed by atoms with Crippen molar-refractivity contribution in [1.82, 2.24) is 10.2 Å². The first-order chi connectivity index (χ1) is 11.5. The zero-order chi connectivity index (χ0) is 17.5. The van der Waals surface area contributed by atoms with Crippen molar-refractivity contribution in [2.45, 2.75) is 25.7 Å². The highest BCUT2D eigenvalue weighted by molar-refractivity contribution is 9.10. The first-order valence-electron chi connectivity index (χ1n) is 8.34. The molecule has 0 atom stereocenters. The highest BCUT2D eigenvalue weighted by atomic mass is 79.9. The lowest BCUT2D eigenvalue weighted by molar-refractivity contribution is -0.132. The maximum absolute atomic E-state index is 12.4. The Morgan fingerprint density at radius 1 is 1.29 bits per heavy atom. The number of amides is 1. The molecule has 0 unspecified atom stereocenters. The maximum Gasteiger partial charge on any atom is 0.223 e. The molecule has 0 radical (unpaired) electrons. The molecule has 1 aromatic carbocycles. The summed E-state index contributed by atoms with van der Waals surface area (Å²) < 4.78 is 6.06. The van der Waals surface area contributed by atoms with Crippen LogP contribution < -0.4 is 10.1 Å². The van der Waals surface area contributed by atoms with Gasteiger partial charge in [0.1, 0.15) is 5.75 Å².